The van der Waals surface area contributed by atoms with Crippen molar-refractivity contribution in [3.8, 4) is 22.4 Å². The monoisotopic (exact) mass is 497 g/mol. The molecule has 0 unspecified atom stereocenters. The summed E-state index contributed by atoms with van der Waals surface area (Å²) in [6, 6.07) is 8.46. The molecule has 2 aromatic heterocycles. The van der Waals surface area contributed by atoms with E-state index < -0.39 is 18.6 Å². The van der Waals surface area contributed by atoms with E-state index in [1.54, 1.807) is 36.7 Å². The Balaban J connectivity index is 1.86. The smallest absolute Gasteiger partial charge is 0.382 e. The Hall–Kier alpha value is -4.61. The molecule has 0 spiro atoms. The van der Waals surface area contributed by atoms with Gasteiger partial charge in [-0.1, -0.05) is 6.07 Å². The van der Waals surface area contributed by atoms with Gasteiger partial charge in [0.15, 0.2) is 0 Å². The summed E-state index contributed by atoms with van der Waals surface area (Å²) >= 11 is 0. The number of rotatable bonds is 8. The maximum atomic E-state index is 12.5. The van der Waals surface area contributed by atoms with Gasteiger partial charge in [-0.2, -0.15) is 13.2 Å². The predicted molar refractivity (Wildman–Crippen MR) is 128 cm³/mol. The van der Waals surface area contributed by atoms with Gasteiger partial charge >= 0.3 is 6.18 Å². The van der Waals surface area contributed by atoms with Crippen molar-refractivity contribution in [3.63, 3.8) is 0 Å². The molecule has 2 heterocycles. The summed E-state index contributed by atoms with van der Waals surface area (Å²) in [5.41, 5.74) is 3.74. The van der Waals surface area contributed by atoms with Crippen LogP contribution in [-0.4, -0.2) is 52.7 Å². The maximum Gasteiger partial charge on any atom is 0.405 e. The van der Waals surface area contributed by atoms with Gasteiger partial charge in [-0.15, -0.1) is 0 Å². The first-order valence-corrected chi connectivity index (χ1v) is 10.5. The largest absolute Gasteiger partial charge is 0.405 e. The van der Waals surface area contributed by atoms with E-state index in [4.69, 9.17) is 5.41 Å². The highest BCUT2D eigenvalue weighted by atomic mass is 19.4. The van der Waals surface area contributed by atoms with Crippen LogP contribution in [0, 0.1) is 12.3 Å². The quantitative estimate of drug-likeness (QED) is 0.278. The van der Waals surface area contributed by atoms with Crippen molar-refractivity contribution in [2.75, 3.05) is 18.9 Å². The molecule has 36 heavy (non-hydrogen) atoms. The molecule has 0 bridgehead atoms. The molecule has 3 rings (SSSR count). The molecule has 0 fully saturated rings. The molecule has 0 aliphatic carbocycles. The van der Waals surface area contributed by atoms with Crippen LogP contribution in [0.1, 0.15) is 16.1 Å². The second kappa shape index (κ2) is 11.2. The molecule has 0 radical (unpaired) electrons. The first-order chi connectivity index (χ1) is 17.1. The lowest BCUT2D eigenvalue weighted by Crippen LogP contribution is -2.26. The first kappa shape index (κ1) is 26.0. The van der Waals surface area contributed by atoms with Crippen molar-refractivity contribution in [3.05, 3.63) is 72.1 Å². The Morgan fingerprint density at radius 2 is 1.83 bits per heavy atom. The Kier molecular flexibility index (Phi) is 8.10. The van der Waals surface area contributed by atoms with Gasteiger partial charge in [0.2, 0.25) is 0 Å². The van der Waals surface area contributed by atoms with Gasteiger partial charge in [0, 0.05) is 48.7 Å². The zero-order valence-electron chi connectivity index (χ0n) is 19.3. The van der Waals surface area contributed by atoms with E-state index in [0.29, 0.717) is 28.7 Å². The second-order valence-corrected chi connectivity index (χ2v) is 7.55. The third-order valence-electron chi connectivity index (χ3n) is 4.94. The minimum absolute atomic E-state index is 0.202. The molecule has 9 nitrogen and oxygen atoms in total. The summed E-state index contributed by atoms with van der Waals surface area (Å²) in [6.45, 7) is 0.540. The Morgan fingerprint density at radius 3 is 2.53 bits per heavy atom. The number of carbonyl (C=O) groups excluding carboxylic acids is 2. The van der Waals surface area contributed by atoms with E-state index in [1.165, 1.54) is 13.4 Å². The molecule has 0 atom stereocenters. The summed E-state index contributed by atoms with van der Waals surface area (Å²) in [6.07, 6.45) is 1.55. The maximum absolute atomic E-state index is 12.5. The van der Waals surface area contributed by atoms with Gasteiger partial charge in [-0.3, -0.25) is 14.6 Å². The molecule has 0 aliphatic heterocycles. The molecule has 1 aromatic carbocycles. The topological polar surface area (TPSA) is 133 Å². The van der Waals surface area contributed by atoms with Gasteiger partial charge in [-0.25, -0.2) is 9.97 Å². The summed E-state index contributed by atoms with van der Waals surface area (Å²) in [5.74, 6) is -1.10. The molecule has 3 aromatic rings. The molecule has 12 heteroatoms. The number of nitrogens with one attached hydrogen (secondary N) is 4. The van der Waals surface area contributed by atoms with Crippen LogP contribution < -0.4 is 16.0 Å². The van der Waals surface area contributed by atoms with E-state index in [0.717, 1.165) is 17.3 Å². The molecular formula is C24H22F3N7O2. The third kappa shape index (κ3) is 6.72. The average Bonchev–Trinajstić information content (AvgIpc) is 2.86. The normalized spacial score (nSPS) is 11.5. The van der Waals surface area contributed by atoms with Gasteiger partial charge in [0.05, 0.1) is 11.3 Å². The van der Waals surface area contributed by atoms with Crippen LogP contribution in [0.25, 0.3) is 22.4 Å². The molecule has 0 saturated heterocycles. The first-order valence-electron chi connectivity index (χ1n) is 10.5. The number of nitrogens with zero attached hydrogens (tertiary/aromatic N) is 3. The third-order valence-corrected chi connectivity index (χ3v) is 4.94. The number of anilines is 1. The van der Waals surface area contributed by atoms with Gasteiger partial charge in [0.1, 0.15) is 18.6 Å². The Morgan fingerprint density at radius 1 is 1.08 bits per heavy atom. The van der Waals surface area contributed by atoms with Crippen molar-refractivity contribution < 1.29 is 22.8 Å². The van der Waals surface area contributed by atoms with Crippen molar-refractivity contribution in [1.82, 2.24) is 25.6 Å². The van der Waals surface area contributed by atoms with E-state index in [-0.39, 0.29) is 17.2 Å². The number of aryl methyl sites for hydroxylation is 1. The SMILES string of the molecule is CNC(=O)c1cc(-c2cncc(-c3cc(NC(=O)/C(C=N)=C/NCC(F)(F)F)ccc3C)c2)ncn1. The summed E-state index contributed by atoms with van der Waals surface area (Å²) in [7, 11) is 1.50. The fourth-order valence-corrected chi connectivity index (χ4v) is 3.16. The zero-order valence-corrected chi connectivity index (χ0v) is 19.3. The number of carbonyl (C=O) groups is 2. The van der Waals surface area contributed by atoms with Crippen LogP contribution in [0.2, 0.25) is 0 Å². The number of hydrogen-bond acceptors (Lipinski definition) is 7. The van der Waals surface area contributed by atoms with E-state index >= 15 is 0 Å². The molecular weight excluding hydrogens is 475 g/mol. The molecule has 0 aliphatic rings. The number of amides is 2. The number of alkyl halides is 3. The van der Waals surface area contributed by atoms with E-state index in [1.807, 2.05) is 18.3 Å². The van der Waals surface area contributed by atoms with Crippen LogP contribution in [0.5, 0.6) is 0 Å². The van der Waals surface area contributed by atoms with Crippen molar-refractivity contribution in [2.24, 2.45) is 0 Å². The van der Waals surface area contributed by atoms with Gasteiger partial charge < -0.3 is 21.4 Å². The summed E-state index contributed by atoms with van der Waals surface area (Å²) < 4.78 is 37.0. The van der Waals surface area contributed by atoms with Crippen LogP contribution in [0.15, 0.2) is 60.8 Å². The van der Waals surface area contributed by atoms with Crippen LogP contribution in [0.3, 0.4) is 0 Å². The fraction of sp³-hybridized carbons (Fsp3) is 0.167. The molecule has 2 amide bonds. The highest BCUT2D eigenvalue weighted by Gasteiger charge is 2.26. The Labute approximate surface area is 204 Å². The number of pyridine rings is 1. The van der Waals surface area contributed by atoms with Crippen molar-refractivity contribution in [1.29, 1.82) is 5.41 Å². The number of aromatic nitrogens is 3. The highest BCUT2D eigenvalue weighted by molar-refractivity contribution is 6.17. The number of hydrogen-bond donors (Lipinski definition) is 4. The van der Waals surface area contributed by atoms with E-state index in [9.17, 15) is 22.8 Å². The summed E-state index contributed by atoms with van der Waals surface area (Å²) in [4.78, 5) is 36.8. The zero-order chi connectivity index (χ0) is 26.3. The van der Waals surface area contributed by atoms with Gasteiger partial charge in [-0.05, 0) is 42.3 Å². The minimum atomic E-state index is -4.45. The highest BCUT2D eigenvalue weighted by Crippen LogP contribution is 2.29. The standard InChI is InChI=1S/C24H22F3N7O2/c1-14-3-4-18(34-22(35)17(8-28)11-31-12-24(25,26)27)6-19(14)15-5-16(10-30-9-15)20-7-21(23(36)29-2)33-13-32-20/h3-11,13,28,31H,12H2,1-2H3,(H,29,36)(H,34,35)/b17-11+,28-8?. The lowest BCUT2D eigenvalue weighted by molar-refractivity contribution is -0.123. The van der Waals surface area contributed by atoms with Crippen molar-refractivity contribution >= 4 is 23.7 Å². The Bertz CT molecular complexity index is 1320. The van der Waals surface area contributed by atoms with Crippen molar-refractivity contribution in [2.45, 2.75) is 13.1 Å². The number of halogens is 3. The lowest BCUT2D eigenvalue weighted by atomic mass is 9.99. The molecule has 186 valence electrons. The predicted octanol–water partition coefficient (Wildman–Crippen LogP) is 3.50. The minimum Gasteiger partial charge on any atom is -0.382 e. The summed E-state index contributed by atoms with van der Waals surface area (Å²) in [5, 5.41) is 14.4. The molecule has 0 saturated carbocycles. The lowest BCUT2D eigenvalue weighted by Gasteiger charge is -2.12. The fourth-order valence-electron chi connectivity index (χ4n) is 3.16. The van der Waals surface area contributed by atoms with Crippen LogP contribution >= 0.6 is 0 Å². The second-order valence-electron chi connectivity index (χ2n) is 7.55. The van der Waals surface area contributed by atoms with E-state index in [2.05, 4.69) is 25.6 Å². The van der Waals surface area contributed by atoms with Crippen LogP contribution in [0.4, 0.5) is 18.9 Å². The molecule has 4 N–H and O–H groups in total. The number of benzene rings is 1. The van der Waals surface area contributed by atoms with Crippen LogP contribution in [-0.2, 0) is 4.79 Å². The average molecular weight is 497 g/mol. The van der Waals surface area contributed by atoms with Gasteiger partial charge in [0.25, 0.3) is 11.8 Å².